The van der Waals surface area contributed by atoms with Crippen LogP contribution in [0.1, 0.15) is 45.2 Å². The van der Waals surface area contributed by atoms with Crippen molar-refractivity contribution < 1.29 is 22.7 Å². The van der Waals surface area contributed by atoms with Gasteiger partial charge < -0.3 is 15.0 Å². The van der Waals surface area contributed by atoms with E-state index in [9.17, 15) is 18.0 Å². The summed E-state index contributed by atoms with van der Waals surface area (Å²) < 4.78 is 34.3. The highest BCUT2D eigenvalue weighted by Gasteiger charge is 2.35. The summed E-state index contributed by atoms with van der Waals surface area (Å²) in [5.74, 6) is -0.364. The zero-order valence-corrected chi connectivity index (χ0v) is 27.0. The minimum absolute atomic E-state index is 0.0196. The van der Waals surface area contributed by atoms with Crippen molar-refractivity contribution in [2.75, 3.05) is 18.0 Å². The van der Waals surface area contributed by atoms with E-state index in [1.54, 1.807) is 37.3 Å². The van der Waals surface area contributed by atoms with Crippen molar-refractivity contribution in [1.29, 1.82) is 0 Å². The predicted octanol–water partition coefficient (Wildman–Crippen LogP) is 6.23. The Balaban J connectivity index is 2.12. The van der Waals surface area contributed by atoms with Gasteiger partial charge in [0.25, 0.3) is 10.0 Å². The van der Waals surface area contributed by atoms with Crippen molar-refractivity contribution >= 4 is 50.7 Å². The molecule has 8 nitrogen and oxygen atoms in total. The average Bonchev–Trinajstić information content (AvgIpc) is 2.92. The number of methoxy groups -OCH3 is 1. The summed E-state index contributed by atoms with van der Waals surface area (Å²) in [5, 5.41) is 3.29. The van der Waals surface area contributed by atoms with Gasteiger partial charge >= 0.3 is 0 Å². The molecule has 226 valence electrons. The summed E-state index contributed by atoms with van der Waals surface area (Å²) in [6.07, 6.45) is 0.292. The highest BCUT2D eigenvalue weighted by atomic mass is 35.5. The van der Waals surface area contributed by atoms with E-state index in [2.05, 4.69) is 5.32 Å². The van der Waals surface area contributed by atoms with Crippen LogP contribution in [0.4, 0.5) is 5.69 Å². The Morgan fingerprint density at radius 1 is 1.00 bits per heavy atom. The molecule has 0 aliphatic carbocycles. The van der Waals surface area contributed by atoms with Gasteiger partial charge in [0.2, 0.25) is 11.8 Å². The van der Waals surface area contributed by atoms with Crippen molar-refractivity contribution in [1.82, 2.24) is 10.2 Å². The Kier molecular flexibility index (Phi) is 10.9. The number of carbonyl (C=O) groups is 2. The Hall–Kier alpha value is -3.27. The van der Waals surface area contributed by atoms with E-state index >= 15 is 0 Å². The molecule has 0 radical (unpaired) electrons. The number of hydrogen-bond donors (Lipinski definition) is 1. The number of anilines is 1. The second-order valence-corrected chi connectivity index (χ2v) is 13.7. The summed E-state index contributed by atoms with van der Waals surface area (Å²) in [4.78, 5) is 29.0. The van der Waals surface area contributed by atoms with E-state index in [0.717, 1.165) is 9.87 Å². The fraction of sp³-hybridized carbons (Fsp3) is 0.355. The molecule has 0 spiro atoms. The van der Waals surface area contributed by atoms with Crippen molar-refractivity contribution in [3.8, 4) is 5.75 Å². The van der Waals surface area contributed by atoms with Gasteiger partial charge in [-0.1, -0.05) is 60.0 Å². The molecule has 0 fully saturated rings. The number of amides is 2. The summed E-state index contributed by atoms with van der Waals surface area (Å²) in [6, 6.07) is 16.9. The van der Waals surface area contributed by atoms with Gasteiger partial charge in [-0.25, -0.2) is 8.42 Å². The fourth-order valence-electron chi connectivity index (χ4n) is 4.37. The summed E-state index contributed by atoms with van der Waals surface area (Å²) >= 11 is 12.7. The first kappa shape index (κ1) is 33.2. The molecule has 2 amide bonds. The Morgan fingerprint density at radius 2 is 1.67 bits per heavy atom. The first-order chi connectivity index (χ1) is 19.7. The lowest BCUT2D eigenvalue weighted by molar-refractivity contribution is -0.141. The molecule has 0 aliphatic heterocycles. The van der Waals surface area contributed by atoms with Crippen LogP contribution in [0.25, 0.3) is 0 Å². The number of hydrogen-bond acceptors (Lipinski definition) is 5. The number of benzene rings is 3. The minimum Gasteiger partial charge on any atom is -0.497 e. The number of nitrogens with one attached hydrogen (secondary N) is 1. The van der Waals surface area contributed by atoms with Crippen LogP contribution >= 0.6 is 23.2 Å². The van der Waals surface area contributed by atoms with E-state index < -0.39 is 34.1 Å². The minimum atomic E-state index is -4.28. The van der Waals surface area contributed by atoms with Gasteiger partial charge in [0.05, 0.1) is 22.7 Å². The van der Waals surface area contributed by atoms with Crippen LogP contribution in [-0.2, 0) is 26.2 Å². The molecule has 3 aromatic carbocycles. The number of halogens is 2. The molecule has 0 saturated heterocycles. The highest BCUT2D eigenvalue weighted by Crippen LogP contribution is 2.33. The molecule has 0 bridgehead atoms. The lowest BCUT2D eigenvalue weighted by Gasteiger charge is -2.35. The summed E-state index contributed by atoms with van der Waals surface area (Å²) in [6.45, 7) is 8.60. The third-order valence-electron chi connectivity index (χ3n) is 6.44. The topological polar surface area (TPSA) is 96.0 Å². The van der Waals surface area contributed by atoms with E-state index in [1.807, 2.05) is 33.8 Å². The van der Waals surface area contributed by atoms with Crippen LogP contribution in [0.15, 0.2) is 71.6 Å². The molecule has 42 heavy (non-hydrogen) atoms. The average molecular weight is 635 g/mol. The SMILES string of the molecule is CCC(C(=O)NC(C)(C)C)N(Cc1cccc(OC)c1)C(=O)CN(c1cc(Cl)ccc1Cl)S(=O)(=O)c1ccc(C)cc1. The molecule has 1 N–H and O–H groups in total. The van der Waals surface area contributed by atoms with Crippen molar-refractivity contribution in [3.05, 3.63) is 87.9 Å². The van der Waals surface area contributed by atoms with Gasteiger partial charge in [0.1, 0.15) is 18.3 Å². The zero-order valence-electron chi connectivity index (χ0n) is 24.6. The summed E-state index contributed by atoms with van der Waals surface area (Å²) in [5.41, 5.74) is 1.08. The van der Waals surface area contributed by atoms with Crippen LogP contribution in [0.5, 0.6) is 5.75 Å². The molecule has 3 aromatic rings. The number of sulfonamides is 1. The first-order valence-electron chi connectivity index (χ1n) is 13.4. The highest BCUT2D eigenvalue weighted by molar-refractivity contribution is 7.92. The maximum Gasteiger partial charge on any atom is 0.264 e. The van der Waals surface area contributed by atoms with E-state index in [0.29, 0.717) is 17.7 Å². The predicted molar refractivity (Wildman–Crippen MR) is 168 cm³/mol. The molecule has 0 heterocycles. The quantitative estimate of drug-likeness (QED) is 0.270. The van der Waals surface area contributed by atoms with Crippen LogP contribution in [0.2, 0.25) is 10.0 Å². The van der Waals surface area contributed by atoms with Gasteiger partial charge in [0.15, 0.2) is 0 Å². The Morgan fingerprint density at radius 3 is 2.26 bits per heavy atom. The van der Waals surface area contributed by atoms with Gasteiger partial charge in [-0.3, -0.25) is 13.9 Å². The lowest BCUT2D eigenvalue weighted by Crippen LogP contribution is -2.55. The van der Waals surface area contributed by atoms with Gasteiger partial charge in [0, 0.05) is 17.1 Å². The second kappa shape index (κ2) is 13.8. The maximum absolute atomic E-state index is 14.2. The molecule has 3 rings (SSSR count). The normalized spacial score (nSPS) is 12.4. The Bertz CT molecular complexity index is 1520. The molecule has 1 unspecified atom stereocenters. The molecule has 0 saturated carbocycles. The number of rotatable bonds is 11. The standard InChI is InChI=1S/C31H37Cl2N3O5S/c1-7-27(30(38)34-31(3,4)5)35(19-22-9-8-10-24(17-22)41-6)29(37)20-36(28-18-23(32)13-16-26(28)33)42(39,40)25-14-11-21(2)12-15-25/h8-18,27H,7,19-20H2,1-6H3,(H,34,38). The number of aryl methyl sites for hydroxylation is 1. The largest absolute Gasteiger partial charge is 0.497 e. The van der Waals surface area contributed by atoms with E-state index in [1.165, 1.54) is 42.3 Å². The number of carbonyl (C=O) groups excluding carboxylic acids is 2. The van der Waals surface area contributed by atoms with Gasteiger partial charge in [-0.05, 0) is 82.1 Å². The van der Waals surface area contributed by atoms with Crippen LogP contribution in [0.3, 0.4) is 0 Å². The monoisotopic (exact) mass is 633 g/mol. The van der Waals surface area contributed by atoms with Crippen LogP contribution in [-0.4, -0.2) is 50.4 Å². The van der Waals surface area contributed by atoms with Crippen molar-refractivity contribution in [3.63, 3.8) is 0 Å². The fourth-order valence-corrected chi connectivity index (χ4v) is 6.23. The van der Waals surface area contributed by atoms with E-state index in [-0.39, 0.29) is 33.1 Å². The molecule has 11 heteroatoms. The molecule has 1 atom stereocenters. The smallest absolute Gasteiger partial charge is 0.264 e. The molecule has 0 aromatic heterocycles. The first-order valence-corrected chi connectivity index (χ1v) is 15.6. The zero-order chi connectivity index (χ0) is 31.2. The summed E-state index contributed by atoms with van der Waals surface area (Å²) in [7, 11) is -2.74. The Labute approximate surface area is 258 Å². The number of ether oxygens (including phenoxy) is 1. The van der Waals surface area contributed by atoms with Crippen molar-refractivity contribution in [2.45, 2.75) is 64.1 Å². The van der Waals surface area contributed by atoms with Gasteiger partial charge in [-0.2, -0.15) is 0 Å². The van der Waals surface area contributed by atoms with E-state index in [4.69, 9.17) is 27.9 Å². The van der Waals surface area contributed by atoms with Gasteiger partial charge in [-0.15, -0.1) is 0 Å². The molecular formula is C31H37Cl2N3O5S. The van der Waals surface area contributed by atoms with Crippen LogP contribution in [0, 0.1) is 6.92 Å². The van der Waals surface area contributed by atoms with Crippen LogP contribution < -0.4 is 14.4 Å². The lowest BCUT2D eigenvalue weighted by atomic mass is 10.1. The molecule has 0 aliphatic rings. The third-order valence-corrected chi connectivity index (χ3v) is 8.76. The van der Waals surface area contributed by atoms with Crippen molar-refractivity contribution in [2.24, 2.45) is 0 Å². The molecular weight excluding hydrogens is 597 g/mol. The maximum atomic E-state index is 14.2. The third kappa shape index (κ3) is 8.40. The number of nitrogens with zero attached hydrogens (tertiary/aromatic N) is 2. The second-order valence-electron chi connectivity index (χ2n) is 11.0.